The largest absolute Gasteiger partial charge is 0.490 e. The Morgan fingerprint density at radius 1 is 0.611 bits per heavy atom. The van der Waals surface area contributed by atoms with Crippen LogP contribution in [0.3, 0.4) is 0 Å². The third-order valence-electron chi connectivity index (χ3n) is 8.86. The summed E-state index contributed by atoms with van der Waals surface area (Å²) in [7, 11) is 0. The molecule has 2 aromatic heterocycles. The van der Waals surface area contributed by atoms with Crippen molar-refractivity contribution in [2.75, 3.05) is 33.2 Å². The van der Waals surface area contributed by atoms with E-state index in [4.69, 9.17) is 28.4 Å². The summed E-state index contributed by atoms with van der Waals surface area (Å²) in [5, 5.41) is 0. The maximum Gasteiger partial charge on any atom is 0.330 e. The number of fused-ring (bicyclic) bond motifs is 3. The van der Waals surface area contributed by atoms with Crippen molar-refractivity contribution in [3.63, 3.8) is 0 Å². The number of rotatable bonds is 24. The molecule has 0 fully saturated rings. The number of nitrogens with zero attached hydrogens (tertiary/aromatic N) is 4. The molecule has 1 unspecified atom stereocenters. The summed E-state index contributed by atoms with van der Waals surface area (Å²) in [6.45, 7) is 10.9. The second-order valence-electron chi connectivity index (χ2n) is 12.8. The highest BCUT2D eigenvalue weighted by atomic mass is 16.7. The van der Waals surface area contributed by atoms with E-state index in [1.807, 2.05) is 6.07 Å². The van der Waals surface area contributed by atoms with Gasteiger partial charge >= 0.3 is 17.9 Å². The molecule has 1 aliphatic rings. The van der Waals surface area contributed by atoms with Crippen LogP contribution in [0.15, 0.2) is 86.5 Å². The van der Waals surface area contributed by atoms with E-state index < -0.39 is 0 Å². The van der Waals surface area contributed by atoms with Crippen molar-refractivity contribution in [3.8, 4) is 34.4 Å². The van der Waals surface area contributed by atoms with E-state index in [1.165, 1.54) is 34.4 Å². The molecule has 0 amide bonds. The van der Waals surface area contributed by atoms with E-state index in [2.05, 4.69) is 70.3 Å². The number of carbonyl (C=O) groups is 2. The molecule has 0 saturated carbocycles. The topological polar surface area (TPSA) is 141 Å². The van der Waals surface area contributed by atoms with Gasteiger partial charge in [0.2, 0.25) is 6.79 Å². The number of hydrogen-bond acceptors (Lipinski definition) is 12. The number of carbonyl (C=O) groups excluding carboxylic acids is 2. The zero-order valence-corrected chi connectivity index (χ0v) is 30.9. The number of hydrogen-bond donors (Lipinski definition) is 0. The second-order valence-corrected chi connectivity index (χ2v) is 12.8. The fraction of sp³-hybridized carbons (Fsp3) is 0.381. The minimum atomic E-state index is -0.390. The first kappa shape index (κ1) is 39.4. The Morgan fingerprint density at radius 3 is 1.70 bits per heavy atom. The van der Waals surface area contributed by atoms with Crippen molar-refractivity contribution in [1.82, 2.24) is 19.9 Å². The third kappa shape index (κ3) is 12.1. The molecule has 0 saturated heterocycles. The van der Waals surface area contributed by atoms with Gasteiger partial charge in [-0.05, 0) is 91.3 Å². The normalized spacial score (nSPS) is 12.6. The van der Waals surface area contributed by atoms with Crippen LogP contribution >= 0.6 is 0 Å². The molecule has 2 aromatic carbocycles. The summed E-state index contributed by atoms with van der Waals surface area (Å²) in [6.07, 6.45) is 16.8. The summed E-state index contributed by atoms with van der Waals surface area (Å²) in [5.41, 5.74) is 6.01. The highest BCUT2D eigenvalue weighted by Crippen LogP contribution is 2.46. The van der Waals surface area contributed by atoms with Crippen molar-refractivity contribution in [1.29, 1.82) is 0 Å². The molecule has 0 aliphatic heterocycles. The Balaban J connectivity index is 1.00. The van der Waals surface area contributed by atoms with Crippen LogP contribution in [-0.4, -0.2) is 65.1 Å². The van der Waals surface area contributed by atoms with Crippen molar-refractivity contribution in [2.45, 2.75) is 70.6 Å². The maximum absolute atomic E-state index is 11.1. The van der Waals surface area contributed by atoms with Gasteiger partial charge in [0.1, 0.15) is 11.6 Å². The predicted octanol–water partition coefficient (Wildman–Crippen LogP) is 7.74. The summed E-state index contributed by atoms with van der Waals surface area (Å²) in [4.78, 5) is 39.6. The summed E-state index contributed by atoms with van der Waals surface area (Å²) in [6, 6.07) is 12.9. The van der Waals surface area contributed by atoms with Crippen LogP contribution in [0, 0.1) is 0 Å². The summed E-state index contributed by atoms with van der Waals surface area (Å²) < 4.78 is 33.0. The SMILES string of the molecule is C=CC(=O)OCCCCCCOc1cnc(Cc2ccc3c(c2)C(C)c2cc(OCOc4ncc(OCCCCCCOC(=O)C=C)cn4)ccc2-3)nc1. The first-order chi connectivity index (χ1) is 26.4. The lowest BCUT2D eigenvalue weighted by molar-refractivity contribution is -0.138. The summed E-state index contributed by atoms with van der Waals surface area (Å²) in [5.74, 6) is 2.07. The fourth-order valence-corrected chi connectivity index (χ4v) is 5.98. The van der Waals surface area contributed by atoms with Crippen molar-refractivity contribution in [3.05, 3.63) is 109 Å². The molecule has 5 rings (SSSR count). The fourth-order valence-electron chi connectivity index (χ4n) is 5.98. The second kappa shape index (κ2) is 21.1. The molecule has 1 aliphatic carbocycles. The molecule has 284 valence electrons. The van der Waals surface area contributed by atoms with Crippen LogP contribution in [0.1, 0.15) is 86.7 Å². The van der Waals surface area contributed by atoms with E-state index in [9.17, 15) is 9.59 Å². The summed E-state index contributed by atoms with van der Waals surface area (Å²) >= 11 is 0. The number of aromatic nitrogens is 4. The van der Waals surface area contributed by atoms with Crippen LogP contribution in [0.25, 0.3) is 11.1 Å². The molecule has 0 bridgehead atoms. The Morgan fingerprint density at radius 2 is 1.13 bits per heavy atom. The lowest BCUT2D eigenvalue weighted by Gasteiger charge is -2.11. The monoisotopic (exact) mass is 736 g/mol. The predicted molar refractivity (Wildman–Crippen MR) is 203 cm³/mol. The number of esters is 2. The van der Waals surface area contributed by atoms with E-state index in [-0.39, 0.29) is 30.7 Å². The van der Waals surface area contributed by atoms with Gasteiger partial charge in [-0.3, -0.25) is 0 Å². The molecule has 54 heavy (non-hydrogen) atoms. The Hall–Kier alpha value is -5.78. The van der Waals surface area contributed by atoms with E-state index in [0.717, 1.165) is 62.8 Å². The zero-order chi connectivity index (χ0) is 38.0. The molecule has 12 heteroatoms. The molecule has 1 atom stereocenters. The van der Waals surface area contributed by atoms with Gasteiger partial charge in [0.25, 0.3) is 0 Å². The molecule has 4 aromatic rings. The number of unbranched alkanes of at least 4 members (excludes halogenated alkanes) is 6. The quantitative estimate of drug-likeness (QED) is 0.0301. The molecule has 12 nitrogen and oxygen atoms in total. The van der Waals surface area contributed by atoms with Gasteiger partial charge in [-0.1, -0.05) is 44.3 Å². The van der Waals surface area contributed by atoms with Crippen LogP contribution in [0.4, 0.5) is 0 Å². The first-order valence-corrected chi connectivity index (χ1v) is 18.4. The standard InChI is InChI=1S/C42H48N4O8/c1-4-40(47)51-20-12-8-6-10-18-49-33-25-43-39(44-26-33)23-31-14-16-35-36-17-15-32(24-38(36)30(3)37(35)22-31)53-29-54-42-45-27-34(28-46-42)50-19-11-7-9-13-21-52-41(48)5-2/h4-5,14-17,22,24-28,30H,1-2,6-13,18-21,23,29H2,3H3. The molecule has 0 N–H and O–H groups in total. The minimum absolute atomic E-state index is 0.0347. The van der Waals surface area contributed by atoms with E-state index in [0.29, 0.717) is 50.1 Å². The zero-order valence-electron chi connectivity index (χ0n) is 30.9. The van der Waals surface area contributed by atoms with Crippen molar-refractivity contribution in [2.24, 2.45) is 0 Å². The lowest BCUT2D eigenvalue weighted by Crippen LogP contribution is -2.08. The van der Waals surface area contributed by atoms with Gasteiger partial charge in [-0.15, -0.1) is 0 Å². The van der Waals surface area contributed by atoms with E-state index in [1.54, 1.807) is 24.8 Å². The third-order valence-corrected chi connectivity index (χ3v) is 8.86. The first-order valence-electron chi connectivity index (χ1n) is 18.4. The van der Waals surface area contributed by atoms with Gasteiger partial charge in [-0.2, -0.15) is 9.97 Å². The van der Waals surface area contributed by atoms with Gasteiger partial charge in [0.15, 0.2) is 11.5 Å². The minimum Gasteiger partial charge on any atom is -0.490 e. The maximum atomic E-state index is 11.1. The molecule has 0 spiro atoms. The van der Waals surface area contributed by atoms with Crippen molar-refractivity contribution >= 4 is 11.9 Å². The van der Waals surface area contributed by atoms with Gasteiger partial charge in [-0.25, -0.2) is 19.6 Å². The average Bonchev–Trinajstić information content (AvgIpc) is 3.47. The molecular weight excluding hydrogens is 688 g/mol. The lowest BCUT2D eigenvalue weighted by atomic mass is 9.97. The highest BCUT2D eigenvalue weighted by Gasteiger charge is 2.26. The van der Waals surface area contributed by atoms with Gasteiger partial charge in [0, 0.05) is 24.5 Å². The smallest absolute Gasteiger partial charge is 0.330 e. The van der Waals surface area contributed by atoms with Crippen LogP contribution < -0.4 is 18.9 Å². The van der Waals surface area contributed by atoms with Gasteiger partial charge in [0.05, 0.1) is 51.2 Å². The van der Waals surface area contributed by atoms with Crippen LogP contribution in [0.2, 0.25) is 0 Å². The van der Waals surface area contributed by atoms with Crippen molar-refractivity contribution < 1.29 is 38.0 Å². The Labute approximate surface area is 316 Å². The molecule has 2 heterocycles. The Kier molecular flexibility index (Phi) is 15.4. The average molecular weight is 737 g/mol. The highest BCUT2D eigenvalue weighted by molar-refractivity contribution is 5.81. The van der Waals surface area contributed by atoms with Crippen LogP contribution in [0.5, 0.6) is 23.3 Å². The van der Waals surface area contributed by atoms with Gasteiger partial charge < -0.3 is 28.4 Å². The van der Waals surface area contributed by atoms with Crippen LogP contribution in [-0.2, 0) is 25.5 Å². The van der Waals surface area contributed by atoms with E-state index >= 15 is 0 Å². The molecular formula is C42H48N4O8. The molecule has 0 radical (unpaired) electrons. The Bertz CT molecular complexity index is 1830. The number of ether oxygens (including phenoxy) is 6. The number of benzene rings is 2.